The third kappa shape index (κ3) is 4.73. The van der Waals surface area contributed by atoms with E-state index in [1.54, 1.807) is 0 Å². The van der Waals surface area contributed by atoms with Gasteiger partial charge in [0.25, 0.3) is 5.91 Å². The van der Waals surface area contributed by atoms with Gasteiger partial charge in [0.1, 0.15) is 5.75 Å². The summed E-state index contributed by atoms with van der Waals surface area (Å²) in [4.78, 5) is 11.6. The largest absolute Gasteiger partial charge is 0.435 e. The molecule has 1 amide bonds. The SMILES string of the molecule is NC(=S)CNC(=O)c1ccc(OC(F)F)cc1. The molecule has 0 spiro atoms. The van der Waals surface area contributed by atoms with Gasteiger partial charge in [-0.15, -0.1) is 0 Å². The van der Waals surface area contributed by atoms with Crippen LogP contribution in [0.1, 0.15) is 10.4 Å². The molecular weight excluding hydrogens is 250 g/mol. The molecule has 1 aromatic carbocycles. The number of halogens is 2. The molecule has 92 valence electrons. The maximum Gasteiger partial charge on any atom is 0.387 e. The molecule has 0 saturated carbocycles. The van der Waals surface area contributed by atoms with Crippen LogP contribution in [0.15, 0.2) is 24.3 Å². The van der Waals surface area contributed by atoms with Crippen molar-refractivity contribution < 1.29 is 18.3 Å². The minimum absolute atomic E-state index is 0.00843. The van der Waals surface area contributed by atoms with Gasteiger partial charge in [0, 0.05) is 5.56 Å². The van der Waals surface area contributed by atoms with Crippen LogP contribution in [0.2, 0.25) is 0 Å². The molecule has 0 aliphatic rings. The van der Waals surface area contributed by atoms with E-state index >= 15 is 0 Å². The average Bonchev–Trinajstić information content (AvgIpc) is 2.26. The zero-order valence-electron chi connectivity index (χ0n) is 8.65. The lowest BCUT2D eigenvalue weighted by Gasteiger charge is -2.06. The van der Waals surface area contributed by atoms with Crippen LogP contribution in [0.25, 0.3) is 0 Å². The van der Waals surface area contributed by atoms with Crippen molar-refractivity contribution in [3.05, 3.63) is 29.8 Å². The molecule has 4 nitrogen and oxygen atoms in total. The second kappa shape index (κ2) is 6.09. The summed E-state index contributed by atoms with van der Waals surface area (Å²) in [7, 11) is 0. The summed E-state index contributed by atoms with van der Waals surface area (Å²) in [5, 5.41) is 2.46. The topological polar surface area (TPSA) is 64.3 Å². The number of hydrogen-bond donors (Lipinski definition) is 2. The molecule has 0 heterocycles. The van der Waals surface area contributed by atoms with Crippen LogP contribution in [0.4, 0.5) is 8.78 Å². The Bertz CT molecular complexity index is 409. The van der Waals surface area contributed by atoms with Crippen molar-refractivity contribution >= 4 is 23.1 Å². The fourth-order valence-corrected chi connectivity index (χ4v) is 1.13. The minimum Gasteiger partial charge on any atom is -0.435 e. The number of benzene rings is 1. The third-order valence-corrected chi connectivity index (χ3v) is 1.91. The Morgan fingerprint density at radius 1 is 1.41 bits per heavy atom. The molecule has 0 aliphatic heterocycles. The highest BCUT2D eigenvalue weighted by atomic mass is 32.1. The van der Waals surface area contributed by atoms with E-state index in [4.69, 9.17) is 5.73 Å². The lowest BCUT2D eigenvalue weighted by Crippen LogP contribution is -2.32. The van der Waals surface area contributed by atoms with Gasteiger partial charge in [0.15, 0.2) is 0 Å². The Balaban J connectivity index is 2.60. The standard InChI is InChI=1S/C10H10F2N2O2S/c11-10(12)16-7-3-1-6(2-4-7)9(15)14-5-8(13)17/h1-4,10H,5H2,(H2,13,17)(H,14,15). The van der Waals surface area contributed by atoms with Crippen LogP contribution in [0.3, 0.4) is 0 Å². The number of nitrogens with two attached hydrogens (primary N) is 1. The molecule has 3 N–H and O–H groups in total. The first-order valence-corrected chi connectivity index (χ1v) is 5.01. The summed E-state index contributed by atoms with van der Waals surface area (Å²) in [6.45, 7) is -2.80. The number of carbonyl (C=O) groups excluding carboxylic acids is 1. The maximum atomic E-state index is 11.9. The minimum atomic E-state index is -2.88. The zero-order valence-corrected chi connectivity index (χ0v) is 9.47. The molecule has 0 aliphatic carbocycles. The van der Waals surface area contributed by atoms with E-state index in [-0.39, 0.29) is 23.2 Å². The quantitative estimate of drug-likeness (QED) is 0.783. The van der Waals surface area contributed by atoms with Crippen LogP contribution in [-0.2, 0) is 0 Å². The summed E-state index contributed by atoms with van der Waals surface area (Å²) < 4.78 is 27.9. The highest BCUT2D eigenvalue weighted by Gasteiger charge is 2.07. The first kappa shape index (κ1) is 13.3. The molecule has 1 aromatic rings. The number of ether oxygens (including phenoxy) is 1. The van der Waals surface area contributed by atoms with Crippen molar-refractivity contribution in [3.8, 4) is 5.75 Å². The molecule has 0 fully saturated rings. The number of amides is 1. The van der Waals surface area contributed by atoms with E-state index in [0.29, 0.717) is 5.56 Å². The number of carbonyl (C=O) groups is 1. The van der Waals surface area contributed by atoms with E-state index in [1.165, 1.54) is 24.3 Å². The van der Waals surface area contributed by atoms with Gasteiger partial charge < -0.3 is 15.8 Å². The molecule has 0 bridgehead atoms. The lowest BCUT2D eigenvalue weighted by molar-refractivity contribution is -0.0498. The Labute approximate surface area is 102 Å². The van der Waals surface area contributed by atoms with Crippen molar-refractivity contribution in [1.29, 1.82) is 0 Å². The van der Waals surface area contributed by atoms with Crippen LogP contribution < -0.4 is 15.8 Å². The smallest absolute Gasteiger partial charge is 0.387 e. The van der Waals surface area contributed by atoms with Gasteiger partial charge in [-0.25, -0.2) is 0 Å². The van der Waals surface area contributed by atoms with Crippen LogP contribution >= 0.6 is 12.2 Å². The van der Waals surface area contributed by atoms with Crippen molar-refractivity contribution in [2.24, 2.45) is 5.73 Å². The number of thiocarbonyl (C=S) groups is 1. The van der Waals surface area contributed by atoms with Gasteiger partial charge in [-0.05, 0) is 24.3 Å². The van der Waals surface area contributed by atoms with E-state index < -0.39 is 6.61 Å². The molecular formula is C10H10F2N2O2S. The van der Waals surface area contributed by atoms with E-state index in [1.807, 2.05) is 0 Å². The first-order valence-electron chi connectivity index (χ1n) is 4.60. The van der Waals surface area contributed by atoms with E-state index in [2.05, 4.69) is 22.3 Å². The monoisotopic (exact) mass is 260 g/mol. The van der Waals surface area contributed by atoms with Crippen molar-refractivity contribution in [1.82, 2.24) is 5.32 Å². The summed E-state index contributed by atoms with van der Waals surface area (Å²) in [6, 6.07) is 5.29. The summed E-state index contributed by atoms with van der Waals surface area (Å²) in [5.41, 5.74) is 5.52. The van der Waals surface area contributed by atoms with Gasteiger partial charge >= 0.3 is 6.61 Å². The molecule has 1 rings (SSSR count). The second-order valence-corrected chi connectivity index (χ2v) is 3.58. The summed E-state index contributed by atoms with van der Waals surface area (Å²) >= 11 is 4.59. The summed E-state index contributed by atoms with van der Waals surface area (Å²) in [6.07, 6.45) is 0. The van der Waals surface area contributed by atoms with E-state index in [9.17, 15) is 13.6 Å². The Morgan fingerprint density at radius 3 is 2.47 bits per heavy atom. The highest BCUT2D eigenvalue weighted by molar-refractivity contribution is 7.80. The molecule has 0 unspecified atom stereocenters. The van der Waals surface area contributed by atoms with Gasteiger partial charge in [-0.1, -0.05) is 12.2 Å². The average molecular weight is 260 g/mol. The number of alkyl halides is 2. The van der Waals surface area contributed by atoms with Crippen molar-refractivity contribution in [2.75, 3.05) is 6.54 Å². The molecule has 0 aromatic heterocycles. The van der Waals surface area contributed by atoms with Crippen LogP contribution in [0.5, 0.6) is 5.75 Å². The molecule has 0 radical (unpaired) electrons. The van der Waals surface area contributed by atoms with Crippen LogP contribution in [-0.4, -0.2) is 24.1 Å². The number of rotatable bonds is 5. The zero-order chi connectivity index (χ0) is 12.8. The Morgan fingerprint density at radius 2 is 2.00 bits per heavy atom. The molecule has 7 heteroatoms. The summed E-state index contributed by atoms with van der Waals surface area (Å²) in [5.74, 6) is -0.396. The highest BCUT2D eigenvalue weighted by Crippen LogP contribution is 2.14. The lowest BCUT2D eigenvalue weighted by atomic mass is 10.2. The van der Waals surface area contributed by atoms with Crippen molar-refractivity contribution in [3.63, 3.8) is 0 Å². The van der Waals surface area contributed by atoms with Crippen LogP contribution in [0, 0.1) is 0 Å². The maximum absolute atomic E-state index is 11.9. The van der Waals surface area contributed by atoms with Gasteiger partial charge in [-0.3, -0.25) is 4.79 Å². The second-order valence-electron chi connectivity index (χ2n) is 3.05. The predicted molar refractivity (Wildman–Crippen MR) is 62.2 cm³/mol. The molecule has 0 atom stereocenters. The molecule has 0 saturated heterocycles. The third-order valence-electron chi connectivity index (χ3n) is 1.76. The number of hydrogen-bond acceptors (Lipinski definition) is 3. The van der Waals surface area contributed by atoms with E-state index in [0.717, 1.165) is 0 Å². The van der Waals surface area contributed by atoms with Crippen molar-refractivity contribution in [2.45, 2.75) is 6.61 Å². The van der Waals surface area contributed by atoms with Gasteiger partial charge in [0.05, 0.1) is 11.5 Å². The Kier molecular flexibility index (Phi) is 4.77. The number of nitrogens with one attached hydrogen (secondary N) is 1. The first-order chi connectivity index (χ1) is 7.99. The Hall–Kier alpha value is -1.76. The predicted octanol–water partition coefficient (Wildman–Crippen LogP) is 1.30. The fourth-order valence-electron chi connectivity index (χ4n) is 1.06. The molecule has 17 heavy (non-hydrogen) atoms. The van der Waals surface area contributed by atoms with Gasteiger partial charge in [-0.2, -0.15) is 8.78 Å². The normalized spacial score (nSPS) is 10.1. The van der Waals surface area contributed by atoms with Gasteiger partial charge in [0.2, 0.25) is 0 Å². The fraction of sp³-hybridized carbons (Fsp3) is 0.200.